The molecule has 4 heteroatoms. The van der Waals surface area contributed by atoms with E-state index < -0.39 is 5.97 Å². The third-order valence-corrected chi connectivity index (χ3v) is 3.39. The lowest BCUT2D eigenvalue weighted by molar-refractivity contribution is -0.136. The molecule has 0 bridgehead atoms. The Balaban J connectivity index is 2.12. The number of piperidine rings is 1. The molecule has 100 valence electrons. The second-order valence-corrected chi connectivity index (χ2v) is 5.04. The molecule has 2 N–H and O–H groups in total. The average molecular weight is 242 g/mol. The van der Waals surface area contributed by atoms with E-state index in [0.29, 0.717) is 5.92 Å². The molecule has 1 aliphatic rings. The Labute approximate surface area is 104 Å². The van der Waals surface area contributed by atoms with E-state index in [1.54, 1.807) is 0 Å². The summed E-state index contributed by atoms with van der Waals surface area (Å²) in [5.74, 6) is -0.134. The summed E-state index contributed by atoms with van der Waals surface area (Å²) in [6.45, 7) is 6.73. The minimum atomic E-state index is -0.763. The fraction of sp³-hybridized carbons (Fsp3) is 0.923. The maximum atomic E-state index is 10.4. The second-order valence-electron chi connectivity index (χ2n) is 5.04. The van der Waals surface area contributed by atoms with Gasteiger partial charge in [0.1, 0.15) is 0 Å². The Bertz CT molecular complexity index is 221. The van der Waals surface area contributed by atoms with Crippen molar-refractivity contribution >= 4 is 5.97 Å². The summed E-state index contributed by atoms with van der Waals surface area (Å²) in [5.41, 5.74) is 0. The highest BCUT2D eigenvalue weighted by Gasteiger charge is 2.19. The molecular formula is C13H26N2O2. The summed E-state index contributed by atoms with van der Waals surface area (Å²) in [7, 11) is 0. The standard InChI is InChI=1S/C13H26N2O2/c1-2-3-4-7-15-8-5-6-12(11-15)9-14-10-13(16)17/h12,14H,2-11H2,1H3,(H,16,17). The smallest absolute Gasteiger partial charge is 0.317 e. The minimum Gasteiger partial charge on any atom is -0.480 e. The number of rotatable bonds is 8. The molecule has 1 heterocycles. The first-order valence-corrected chi connectivity index (χ1v) is 6.87. The van der Waals surface area contributed by atoms with E-state index in [-0.39, 0.29) is 6.54 Å². The quantitative estimate of drug-likeness (QED) is 0.634. The van der Waals surface area contributed by atoms with Crippen molar-refractivity contribution in [2.24, 2.45) is 5.92 Å². The normalized spacial score (nSPS) is 21.6. The maximum Gasteiger partial charge on any atom is 0.317 e. The van der Waals surface area contributed by atoms with Crippen LogP contribution in [0, 0.1) is 5.92 Å². The van der Waals surface area contributed by atoms with Crippen LogP contribution in [-0.2, 0) is 4.79 Å². The number of carboxylic acid groups (broad SMARTS) is 1. The van der Waals surface area contributed by atoms with Crippen molar-refractivity contribution < 1.29 is 9.90 Å². The predicted octanol–water partition coefficient (Wildman–Crippen LogP) is 1.56. The fourth-order valence-electron chi connectivity index (χ4n) is 2.49. The van der Waals surface area contributed by atoms with Gasteiger partial charge in [-0.25, -0.2) is 0 Å². The molecule has 1 unspecified atom stereocenters. The van der Waals surface area contributed by atoms with Crippen LogP contribution >= 0.6 is 0 Å². The molecule has 0 aromatic heterocycles. The lowest BCUT2D eigenvalue weighted by Gasteiger charge is -2.32. The van der Waals surface area contributed by atoms with Crippen molar-refractivity contribution in [3.63, 3.8) is 0 Å². The van der Waals surface area contributed by atoms with Crippen LogP contribution < -0.4 is 5.32 Å². The van der Waals surface area contributed by atoms with E-state index in [4.69, 9.17) is 5.11 Å². The van der Waals surface area contributed by atoms with E-state index >= 15 is 0 Å². The van der Waals surface area contributed by atoms with Crippen molar-refractivity contribution in [1.82, 2.24) is 10.2 Å². The Morgan fingerprint density at radius 3 is 3.00 bits per heavy atom. The van der Waals surface area contributed by atoms with E-state index in [0.717, 1.165) is 13.1 Å². The second kappa shape index (κ2) is 8.48. The molecule has 1 saturated heterocycles. The number of nitrogens with zero attached hydrogens (tertiary/aromatic N) is 1. The van der Waals surface area contributed by atoms with E-state index in [9.17, 15) is 4.79 Å². The van der Waals surface area contributed by atoms with Gasteiger partial charge in [-0.3, -0.25) is 4.79 Å². The van der Waals surface area contributed by atoms with Crippen LogP contribution in [0.15, 0.2) is 0 Å². The summed E-state index contributed by atoms with van der Waals surface area (Å²) >= 11 is 0. The van der Waals surface area contributed by atoms with Gasteiger partial charge in [-0.1, -0.05) is 19.8 Å². The van der Waals surface area contributed by atoms with Crippen LogP contribution in [0.25, 0.3) is 0 Å². The van der Waals surface area contributed by atoms with Crippen molar-refractivity contribution in [3.8, 4) is 0 Å². The maximum absolute atomic E-state index is 10.4. The van der Waals surface area contributed by atoms with Crippen molar-refractivity contribution in [2.45, 2.75) is 39.0 Å². The molecule has 0 spiro atoms. The molecule has 0 radical (unpaired) electrons. The molecule has 0 aromatic carbocycles. The summed E-state index contributed by atoms with van der Waals surface area (Å²) in [6.07, 6.45) is 6.38. The molecule has 4 nitrogen and oxygen atoms in total. The zero-order valence-electron chi connectivity index (χ0n) is 11.0. The lowest BCUT2D eigenvalue weighted by Crippen LogP contribution is -2.40. The van der Waals surface area contributed by atoms with Crippen LogP contribution in [0.4, 0.5) is 0 Å². The molecule has 0 aromatic rings. The van der Waals surface area contributed by atoms with Crippen LogP contribution in [0.2, 0.25) is 0 Å². The number of aliphatic carboxylic acids is 1. The Morgan fingerprint density at radius 2 is 2.29 bits per heavy atom. The van der Waals surface area contributed by atoms with Gasteiger partial charge >= 0.3 is 5.97 Å². The summed E-state index contributed by atoms with van der Waals surface area (Å²) in [6, 6.07) is 0. The molecule has 1 fully saturated rings. The van der Waals surface area contributed by atoms with Crippen LogP contribution in [0.1, 0.15) is 39.0 Å². The minimum absolute atomic E-state index is 0.0896. The third kappa shape index (κ3) is 6.64. The van der Waals surface area contributed by atoms with Crippen LogP contribution in [0.5, 0.6) is 0 Å². The first-order chi connectivity index (χ1) is 8.22. The summed E-state index contributed by atoms with van der Waals surface area (Å²) in [4.78, 5) is 12.9. The van der Waals surface area contributed by atoms with Gasteiger partial charge in [-0.15, -0.1) is 0 Å². The summed E-state index contributed by atoms with van der Waals surface area (Å²) < 4.78 is 0. The molecule has 1 atom stereocenters. The molecule has 17 heavy (non-hydrogen) atoms. The fourth-order valence-corrected chi connectivity index (χ4v) is 2.49. The number of unbranched alkanes of at least 4 members (excludes halogenated alkanes) is 2. The van der Waals surface area contributed by atoms with E-state index in [2.05, 4.69) is 17.1 Å². The largest absolute Gasteiger partial charge is 0.480 e. The lowest BCUT2D eigenvalue weighted by atomic mass is 9.97. The monoisotopic (exact) mass is 242 g/mol. The van der Waals surface area contributed by atoms with Gasteiger partial charge in [0.05, 0.1) is 6.54 Å². The van der Waals surface area contributed by atoms with Crippen molar-refractivity contribution in [3.05, 3.63) is 0 Å². The molecule has 0 amide bonds. The highest BCUT2D eigenvalue weighted by molar-refractivity contribution is 5.68. The number of carbonyl (C=O) groups is 1. The SMILES string of the molecule is CCCCCN1CCCC(CNCC(=O)O)C1. The Hall–Kier alpha value is -0.610. The molecule has 1 aliphatic heterocycles. The van der Waals surface area contributed by atoms with Crippen molar-refractivity contribution in [1.29, 1.82) is 0 Å². The zero-order valence-corrected chi connectivity index (χ0v) is 11.0. The van der Waals surface area contributed by atoms with Gasteiger partial charge in [0.15, 0.2) is 0 Å². The van der Waals surface area contributed by atoms with Gasteiger partial charge in [-0.05, 0) is 44.8 Å². The summed E-state index contributed by atoms with van der Waals surface area (Å²) in [5, 5.41) is 11.6. The Morgan fingerprint density at radius 1 is 1.47 bits per heavy atom. The van der Waals surface area contributed by atoms with Crippen LogP contribution in [0.3, 0.4) is 0 Å². The van der Waals surface area contributed by atoms with E-state index in [1.807, 2.05) is 0 Å². The Kier molecular flexibility index (Phi) is 7.21. The highest BCUT2D eigenvalue weighted by Crippen LogP contribution is 2.16. The molecule has 0 aliphatic carbocycles. The van der Waals surface area contributed by atoms with Gasteiger partial charge in [0, 0.05) is 6.54 Å². The third-order valence-electron chi connectivity index (χ3n) is 3.39. The molecule has 0 saturated carbocycles. The molecular weight excluding hydrogens is 216 g/mol. The number of nitrogens with one attached hydrogen (secondary N) is 1. The number of likely N-dealkylation sites (tertiary alicyclic amines) is 1. The van der Waals surface area contributed by atoms with Gasteiger partial charge < -0.3 is 15.3 Å². The molecule has 1 rings (SSSR count). The average Bonchev–Trinajstić information content (AvgIpc) is 2.29. The topological polar surface area (TPSA) is 52.6 Å². The van der Waals surface area contributed by atoms with Crippen LogP contribution in [-0.4, -0.2) is 48.7 Å². The highest BCUT2D eigenvalue weighted by atomic mass is 16.4. The number of hydrogen-bond acceptors (Lipinski definition) is 3. The first-order valence-electron chi connectivity index (χ1n) is 6.87. The predicted molar refractivity (Wildman–Crippen MR) is 69.2 cm³/mol. The van der Waals surface area contributed by atoms with E-state index in [1.165, 1.54) is 45.2 Å². The van der Waals surface area contributed by atoms with Crippen molar-refractivity contribution in [2.75, 3.05) is 32.7 Å². The number of carboxylic acids is 1. The number of hydrogen-bond donors (Lipinski definition) is 2. The van der Waals surface area contributed by atoms with Gasteiger partial charge in [0.2, 0.25) is 0 Å². The van der Waals surface area contributed by atoms with Gasteiger partial charge in [-0.2, -0.15) is 0 Å². The van der Waals surface area contributed by atoms with Gasteiger partial charge in [0.25, 0.3) is 0 Å². The first kappa shape index (κ1) is 14.5. The zero-order chi connectivity index (χ0) is 12.5.